The Morgan fingerprint density at radius 3 is 2.12 bits per heavy atom. The van der Waals surface area contributed by atoms with E-state index in [1.54, 1.807) is 0 Å². The zero-order chi connectivity index (χ0) is 17.8. The number of hydrogen-bond acceptors (Lipinski definition) is 9. The van der Waals surface area contributed by atoms with E-state index >= 15 is 0 Å². The molecule has 14 heteroatoms. The van der Waals surface area contributed by atoms with Gasteiger partial charge in [0.05, 0.1) is 7.82 Å². The Hall–Kier alpha value is 2.73. The molecular weight excluding hydrogens is 419 g/mol. The fraction of sp³-hybridized carbons (Fsp3) is 0.917. The van der Waals surface area contributed by atoms with E-state index in [2.05, 4.69) is 8.83 Å². The number of carbonyl (C=O) groups excluding carboxylic acids is 1. The van der Waals surface area contributed by atoms with Gasteiger partial charge in [-0.1, -0.05) is 27.2 Å². The summed E-state index contributed by atoms with van der Waals surface area (Å²) in [6, 6.07) is 0. The minimum atomic E-state index is -5.77. The molecule has 0 N–H and O–H groups in total. The molecule has 9 nitrogen and oxygen atoms in total. The van der Waals surface area contributed by atoms with E-state index in [4.69, 9.17) is 4.74 Å². The third-order valence-electron chi connectivity index (χ3n) is 3.78. The average molecular weight is 440 g/mol. The van der Waals surface area contributed by atoms with Gasteiger partial charge in [0.1, 0.15) is 6.10 Å². The van der Waals surface area contributed by atoms with Gasteiger partial charge in [-0.2, -0.15) is 0 Å². The van der Waals surface area contributed by atoms with Gasteiger partial charge in [0.25, 0.3) is 7.82 Å². The Balaban J connectivity index is -0.00000176. The fourth-order valence-corrected chi connectivity index (χ4v) is 4.16. The van der Waals surface area contributed by atoms with Crippen LogP contribution in [0.5, 0.6) is 0 Å². The van der Waals surface area contributed by atoms with E-state index in [0.29, 0.717) is 18.3 Å². The molecule has 0 aromatic carbocycles. The molecule has 1 rings (SSSR count). The topological polar surface area (TPSA) is 148 Å². The van der Waals surface area contributed by atoms with Crippen LogP contribution in [0.2, 0.25) is 0 Å². The molecule has 1 fully saturated rings. The number of carbonyl (C=O) groups is 1. The van der Waals surface area contributed by atoms with Crippen LogP contribution >= 0.6 is 15.6 Å². The monoisotopic (exact) mass is 440 g/mol. The van der Waals surface area contributed by atoms with Crippen molar-refractivity contribution in [2.45, 2.75) is 46.1 Å². The summed E-state index contributed by atoms with van der Waals surface area (Å²) in [6.07, 6.45) is 2.23. The minimum absolute atomic E-state index is 0. The quantitative estimate of drug-likeness (QED) is 0.214. The molecule has 0 saturated heterocycles. The Bertz CT molecular complexity index is 514. The number of ether oxygens (including phenoxy) is 1. The summed E-state index contributed by atoms with van der Waals surface area (Å²) >= 11 is 0. The maximum atomic E-state index is 11.7. The molecule has 0 amide bonds. The molecule has 0 aromatic rings. The number of hydrogen-bond donors (Lipinski definition) is 0. The third-order valence-corrected chi connectivity index (χ3v) is 5.83. The molecule has 1 unspecified atom stereocenters. The van der Waals surface area contributed by atoms with Gasteiger partial charge in [-0.05, 0) is 30.6 Å². The summed E-state index contributed by atoms with van der Waals surface area (Å²) in [5.41, 5.74) is 0. The average Bonchev–Trinajstić information content (AvgIpc) is 2.33. The predicted molar refractivity (Wildman–Crippen MR) is 73.5 cm³/mol. The predicted octanol–water partition coefficient (Wildman–Crippen LogP) is -8.67. The molecule has 0 bridgehead atoms. The zero-order valence-corrected chi connectivity index (χ0v) is 24.0. The van der Waals surface area contributed by atoms with Crippen LogP contribution in [0.3, 0.4) is 0 Å². The Morgan fingerprint density at radius 1 is 1.12 bits per heavy atom. The molecule has 1 aliphatic carbocycles. The SMILES string of the molecule is CC(C)[C@@H]1CC[C@@H](C)C[C@H]1OC(=O)COP(=O)([O-])OP(=O)([O-])[O-].[Na+].[Na+].[Na+]. The normalized spacial score (nSPS) is 25.1. The summed E-state index contributed by atoms with van der Waals surface area (Å²) in [6.45, 7) is 5.01. The molecule has 1 aliphatic rings. The van der Waals surface area contributed by atoms with Crippen LogP contribution in [0.1, 0.15) is 40.0 Å². The van der Waals surface area contributed by atoms with E-state index in [1.165, 1.54) is 0 Å². The summed E-state index contributed by atoms with van der Waals surface area (Å²) in [5.74, 6) is -0.124. The van der Waals surface area contributed by atoms with Gasteiger partial charge in [-0.3, -0.25) is 8.88 Å². The molecule has 0 radical (unpaired) electrons. The molecule has 0 aliphatic heterocycles. The van der Waals surface area contributed by atoms with Gasteiger partial charge >= 0.3 is 94.6 Å². The van der Waals surface area contributed by atoms with E-state index < -0.39 is 28.2 Å². The van der Waals surface area contributed by atoms with Gasteiger partial charge in [0.2, 0.25) is 0 Å². The van der Waals surface area contributed by atoms with Crippen molar-refractivity contribution in [1.82, 2.24) is 0 Å². The van der Waals surface area contributed by atoms with Gasteiger partial charge in [0.15, 0.2) is 6.61 Å². The first kappa shape index (κ1) is 33.4. The van der Waals surface area contributed by atoms with Crippen molar-refractivity contribution >= 4 is 21.6 Å². The first-order valence-electron chi connectivity index (χ1n) is 7.28. The summed E-state index contributed by atoms with van der Waals surface area (Å²) in [5, 5.41) is 0. The van der Waals surface area contributed by atoms with Crippen molar-refractivity contribution in [2.75, 3.05) is 6.61 Å². The fourth-order valence-electron chi connectivity index (χ4n) is 2.73. The van der Waals surface area contributed by atoms with Crippen LogP contribution in [0, 0.1) is 17.8 Å². The standard InChI is InChI=1S/C12H24O9P2.3Na/c1-8(2)10-5-4-9(3)6-11(10)20-12(13)7-19-23(17,18)21-22(14,15)16;;;/h8-11H,4-7H2,1-3H3,(H,17,18)(H2,14,15,16);;;/q;3*+1/p-3/t9-,10+,11-;;;/m1.../s1. The second-order valence-electron chi connectivity index (χ2n) is 6.10. The second kappa shape index (κ2) is 14.7. The van der Waals surface area contributed by atoms with E-state index in [9.17, 15) is 28.6 Å². The van der Waals surface area contributed by atoms with Crippen LogP contribution in [0.4, 0.5) is 0 Å². The van der Waals surface area contributed by atoms with E-state index in [-0.39, 0.29) is 101 Å². The van der Waals surface area contributed by atoms with Crippen LogP contribution in [0.15, 0.2) is 0 Å². The first-order chi connectivity index (χ1) is 10.4. The van der Waals surface area contributed by atoms with Gasteiger partial charge in [0, 0.05) is 0 Å². The largest absolute Gasteiger partial charge is 1.00 e. The summed E-state index contributed by atoms with van der Waals surface area (Å²) in [7, 11) is -11.2. The smallest absolute Gasteiger partial charge is 0.790 e. The maximum absolute atomic E-state index is 11.7. The van der Waals surface area contributed by atoms with Crippen LogP contribution < -0.4 is 103 Å². The second-order valence-corrected chi connectivity index (χ2v) is 8.80. The van der Waals surface area contributed by atoms with Crippen molar-refractivity contribution < 1.29 is 131 Å². The van der Waals surface area contributed by atoms with Crippen molar-refractivity contribution in [1.29, 1.82) is 0 Å². The van der Waals surface area contributed by atoms with Crippen molar-refractivity contribution in [3.63, 3.8) is 0 Å². The minimum Gasteiger partial charge on any atom is -0.790 e. The van der Waals surface area contributed by atoms with Crippen molar-refractivity contribution in [3.05, 3.63) is 0 Å². The van der Waals surface area contributed by atoms with Crippen LogP contribution in [-0.2, 0) is 27.5 Å². The third kappa shape index (κ3) is 13.9. The Morgan fingerprint density at radius 2 is 1.65 bits per heavy atom. The molecule has 0 heterocycles. The van der Waals surface area contributed by atoms with E-state index in [0.717, 1.165) is 12.8 Å². The molecule has 136 valence electrons. The summed E-state index contributed by atoms with van der Waals surface area (Å²) in [4.78, 5) is 43.3. The van der Waals surface area contributed by atoms with Gasteiger partial charge in [-0.15, -0.1) is 0 Å². The number of esters is 1. The Kier molecular flexibility index (Phi) is 18.8. The molecule has 1 saturated carbocycles. The first-order valence-corrected chi connectivity index (χ1v) is 10.2. The number of phosphoric ester groups is 1. The zero-order valence-electron chi connectivity index (χ0n) is 16.2. The van der Waals surface area contributed by atoms with Gasteiger partial charge < -0.3 is 28.5 Å². The van der Waals surface area contributed by atoms with Gasteiger partial charge in [-0.25, -0.2) is 4.79 Å². The molecule has 26 heavy (non-hydrogen) atoms. The molecular formula is C12H21Na3O9P2. The van der Waals surface area contributed by atoms with Crippen LogP contribution in [0.25, 0.3) is 0 Å². The Labute approximate surface area is 220 Å². The number of rotatable bonds is 7. The molecule has 0 spiro atoms. The molecule has 0 aromatic heterocycles. The number of phosphoric acid groups is 2. The van der Waals surface area contributed by atoms with Crippen molar-refractivity contribution in [3.8, 4) is 0 Å². The van der Waals surface area contributed by atoms with Crippen LogP contribution in [-0.4, -0.2) is 18.7 Å². The van der Waals surface area contributed by atoms with Crippen molar-refractivity contribution in [2.24, 2.45) is 17.8 Å². The maximum Gasteiger partial charge on any atom is 1.00 e. The molecule has 4 atom stereocenters. The summed E-state index contributed by atoms with van der Waals surface area (Å²) < 4.78 is 33.9. The van der Waals surface area contributed by atoms with E-state index in [1.807, 2.05) is 20.8 Å².